The van der Waals surface area contributed by atoms with Gasteiger partial charge in [-0.2, -0.15) is 0 Å². The van der Waals surface area contributed by atoms with Crippen LogP contribution < -0.4 is 9.47 Å². The van der Waals surface area contributed by atoms with E-state index in [1.807, 2.05) is 60.7 Å². The lowest BCUT2D eigenvalue weighted by Crippen LogP contribution is -2.12. The summed E-state index contributed by atoms with van der Waals surface area (Å²) in [6.07, 6.45) is 7.39. The van der Waals surface area contributed by atoms with Gasteiger partial charge < -0.3 is 9.47 Å². The molecule has 3 aromatic rings. The molecule has 0 unspecified atom stereocenters. The Kier molecular flexibility index (Phi) is 4.52. The zero-order valence-corrected chi connectivity index (χ0v) is 16.8. The number of hydrogen-bond acceptors (Lipinski definition) is 4. The molecule has 1 aromatic heterocycles. The third-order valence-electron chi connectivity index (χ3n) is 5.24. The van der Waals surface area contributed by atoms with Crippen LogP contribution in [0.3, 0.4) is 0 Å². The van der Waals surface area contributed by atoms with Crippen LogP contribution in [0.15, 0.2) is 95.3 Å². The minimum atomic E-state index is 0.755. The van der Waals surface area contributed by atoms with Crippen LogP contribution in [0.2, 0.25) is 0 Å². The van der Waals surface area contributed by atoms with Gasteiger partial charge in [0.25, 0.3) is 0 Å². The van der Waals surface area contributed by atoms with Gasteiger partial charge in [-0.05, 0) is 43.3 Å². The number of nitrogens with zero attached hydrogens (tertiary/aromatic N) is 2. The predicted molar refractivity (Wildman–Crippen MR) is 120 cm³/mol. The lowest BCUT2D eigenvalue weighted by Gasteiger charge is -2.29. The van der Waals surface area contributed by atoms with E-state index in [1.54, 1.807) is 19.5 Å². The van der Waals surface area contributed by atoms with Crippen molar-refractivity contribution in [2.75, 3.05) is 7.05 Å². The summed E-state index contributed by atoms with van der Waals surface area (Å²) in [7, 11) is 1.75. The van der Waals surface area contributed by atoms with Gasteiger partial charge in [0.1, 0.15) is 23.0 Å². The maximum absolute atomic E-state index is 6.23. The second kappa shape index (κ2) is 7.48. The van der Waals surface area contributed by atoms with Crippen molar-refractivity contribution in [1.82, 2.24) is 4.98 Å². The number of rotatable bonds is 2. The summed E-state index contributed by atoms with van der Waals surface area (Å²) in [5.74, 6) is 3.19. The molecule has 3 heterocycles. The Labute approximate surface area is 175 Å². The van der Waals surface area contributed by atoms with Gasteiger partial charge in [0.05, 0.1) is 0 Å². The average molecular weight is 392 g/mol. The van der Waals surface area contributed by atoms with E-state index in [4.69, 9.17) is 14.5 Å². The van der Waals surface area contributed by atoms with Crippen LogP contribution in [0.5, 0.6) is 17.2 Å². The molecule has 30 heavy (non-hydrogen) atoms. The molecule has 2 aliphatic rings. The molecule has 0 aliphatic carbocycles. The summed E-state index contributed by atoms with van der Waals surface area (Å²) in [5.41, 5.74) is 6.09. The number of pyridine rings is 1. The Morgan fingerprint density at radius 1 is 0.800 bits per heavy atom. The van der Waals surface area contributed by atoms with E-state index in [0.717, 1.165) is 56.5 Å². The van der Waals surface area contributed by atoms with Gasteiger partial charge >= 0.3 is 0 Å². The van der Waals surface area contributed by atoms with Crippen molar-refractivity contribution >= 4 is 17.4 Å². The zero-order chi connectivity index (χ0) is 20.5. The van der Waals surface area contributed by atoms with Gasteiger partial charge in [-0.1, -0.05) is 36.4 Å². The summed E-state index contributed by atoms with van der Waals surface area (Å²) in [4.78, 5) is 8.73. The molecule has 2 aromatic carbocycles. The van der Waals surface area contributed by atoms with Crippen LogP contribution in [0, 0.1) is 0 Å². The standard InChI is InChI=1S/C26H20N2O2/c1-17-20(13-7-15-27-2)29-21-11-5-3-9-18(21)24(17)25-19-10-4-6-12-22(19)30-23-14-8-16-28-26(23)25/h3-16H,1-2H3/b13-7-,25-24+,27-15+. The molecule has 0 bridgehead atoms. The molecule has 0 saturated heterocycles. The van der Waals surface area contributed by atoms with Gasteiger partial charge in [0.2, 0.25) is 0 Å². The lowest BCUT2D eigenvalue weighted by molar-refractivity contribution is 0.433. The summed E-state index contributed by atoms with van der Waals surface area (Å²) in [6.45, 7) is 2.09. The number of fused-ring (bicyclic) bond motifs is 3. The smallest absolute Gasteiger partial charge is 0.153 e. The second-order valence-corrected chi connectivity index (χ2v) is 7.05. The van der Waals surface area contributed by atoms with Crippen molar-refractivity contribution in [2.45, 2.75) is 6.92 Å². The van der Waals surface area contributed by atoms with Crippen LogP contribution in [0.4, 0.5) is 0 Å². The number of para-hydroxylation sites is 2. The van der Waals surface area contributed by atoms with Crippen LogP contribution >= 0.6 is 0 Å². The first-order valence-electron chi connectivity index (χ1n) is 9.82. The summed E-state index contributed by atoms with van der Waals surface area (Å²) >= 11 is 0. The number of ether oxygens (including phenoxy) is 2. The highest BCUT2D eigenvalue weighted by atomic mass is 16.5. The van der Waals surface area contributed by atoms with Gasteiger partial charge in [-0.25, -0.2) is 0 Å². The van der Waals surface area contributed by atoms with E-state index in [2.05, 4.69) is 24.0 Å². The maximum atomic E-state index is 6.23. The molecule has 146 valence electrons. The van der Waals surface area contributed by atoms with Gasteiger partial charge in [0, 0.05) is 47.3 Å². The highest BCUT2D eigenvalue weighted by Gasteiger charge is 2.30. The molecule has 4 nitrogen and oxygen atoms in total. The summed E-state index contributed by atoms with van der Waals surface area (Å²) in [5, 5.41) is 0. The first kappa shape index (κ1) is 18.1. The highest BCUT2D eigenvalue weighted by molar-refractivity contribution is 6.08. The number of aromatic nitrogens is 1. The Balaban J connectivity index is 1.87. The normalized spacial score (nSPS) is 17.4. The molecule has 0 N–H and O–H groups in total. The van der Waals surface area contributed by atoms with E-state index in [0.29, 0.717) is 0 Å². The molecule has 0 atom stereocenters. The first-order valence-corrected chi connectivity index (χ1v) is 9.82. The number of aliphatic imine (C=N–C) groups is 1. The Morgan fingerprint density at radius 3 is 2.23 bits per heavy atom. The first-order chi connectivity index (χ1) is 14.8. The molecule has 0 amide bonds. The SMILES string of the molecule is C/N=C/C=C\C1=C(C)C(=C2/c3ccccc3Oc3cccnc32)/c2ccccc2O1. The third kappa shape index (κ3) is 2.94. The summed E-state index contributed by atoms with van der Waals surface area (Å²) in [6, 6.07) is 20.1. The van der Waals surface area contributed by atoms with E-state index in [-0.39, 0.29) is 0 Å². The van der Waals surface area contributed by atoms with Crippen molar-refractivity contribution in [1.29, 1.82) is 0 Å². The topological polar surface area (TPSA) is 43.7 Å². The van der Waals surface area contributed by atoms with Crippen molar-refractivity contribution < 1.29 is 9.47 Å². The second-order valence-electron chi connectivity index (χ2n) is 7.05. The monoisotopic (exact) mass is 392 g/mol. The van der Waals surface area contributed by atoms with Gasteiger partial charge in [0.15, 0.2) is 5.75 Å². The predicted octanol–water partition coefficient (Wildman–Crippen LogP) is 6.07. The fourth-order valence-electron chi connectivity index (χ4n) is 3.90. The van der Waals surface area contributed by atoms with Gasteiger partial charge in [-0.15, -0.1) is 0 Å². The van der Waals surface area contributed by atoms with Crippen LogP contribution in [-0.2, 0) is 0 Å². The van der Waals surface area contributed by atoms with Crippen molar-refractivity contribution in [3.63, 3.8) is 0 Å². The van der Waals surface area contributed by atoms with Crippen LogP contribution in [-0.4, -0.2) is 18.2 Å². The molecule has 0 radical (unpaired) electrons. The quantitative estimate of drug-likeness (QED) is 0.389. The molecular weight excluding hydrogens is 372 g/mol. The Bertz CT molecular complexity index is 1220. The van der Waals surface area contributed by atoms with Crippen molar-refractivity contribution in [3.05, 3.63) is 107 Å². The largest absolute Gasteiger partial charge is 0.456 e. The third-order valence-corrected chi connectivity index (χ3v) is 5.24. The zero-order valence-electron chi connectivity index (χ0n) is 16.8. The maximum Gasteiger partial charge on any atom is 0.153 e. The van der Waals surface area contributed by atoms with Crippen LogP contribution in [0.25, 0.3) is 11.1 Å². The Morgan fingerprint density at radius 2 is 1.47 bits per heavy atom. The minimum Gasteiger partial charge on any atom is -0.456 e. The highest BCUT2D eigenvalue weighted by Crippen LogP contribution is 2.50. The van der Waals surface area contributed by atoms with E-state index < -0.39 is 0 Å². The molecule has 4 heteroatoms. The van der Waals surface area contributed by atoms with Crippen molar-refractivity contribution in [3.8, 4) is 17.2 Å². The summed E-state index contributed by atoms with van der Waals surface area (Å²) < 4.78 is 12.4. The van der Waals surface area contributed by atoms with Gasteiger partial charge in [-0.3, -0.25) is 9.98 Å². The number of hydrogen-bond donors (Lipinski definition) is 0. The van der Waals surface area contributed by atoms with E-state index in [1.165, 1.54) is 0 Å². The van der Waals surface area contributed by atoms with E-state index >= 15 is 0 Å². The Hall–Kier alpha value is -3.92. The lowest BCUT2D eigenvalue weighted by atomic mass is 9.84. The molecule has 0 saturated carbocycles. The average Bonchev–Trinajstić information content (AvgIpc) is 2.78. The molecule has 5 rings (SSSR count). The molecule has 2 aliphatic heterocycles. The van der Waals surface area contributed by atoms with Crippen molar-refractivity contribution in [2.24, 2.45) is 4.99 Å². The van der Waals surface area contributed by atoms with Crippen LogP contribution in [0.1, 0.15) is 23.7 Å². The molecular formula is C26H20N2O2. The number of benzene rings is 2. The van der Waals surface area contributed by atoms with E-state index in [9.17, 15) is 0 Å². The fraction of sp³-hybridized carbons (Fsp3) is 0.0769. The molecule has 0 fully saturated rings. The minimum absolute atomic E-state index is 0.755. The fourth-order valence-corrected chi connectivity index (χ4v) is 3.90. The molecule has 0 spiro atoms. The number of allylic oxidation sites excluding steroid dienone is 4.